The molecule has 0 amide bonds. The molecule has 0 unspecified atom stereocenters. The second-order valence-electron chi connectivity index (χ2n) is 10.2. The van der Waals surface area contributed by atoms with Gasteiger partial charge in [0.05, 0.1) is 39.1 Å². The van der Waals surface area contributed by atoms with Crippen LogP contribution >= 0.6 is 0 Å². The lowest BCUT2D eigenvalue weighted by Gasteiger charge is -2.33. The number of anilines is 3. The van der Waals surface area contributed by atoms with Crippen molar-refractivity contribution in [2.45, 2.75) is 0 Å². The van der Waals surface area contributed by atoms with Crippen molar-refractivity contribution in [2.75, 3.05) is 4.90 Å². The lowest BCUT2D eigenvalue weighted by atomic mass is 10.0. The first-order valence-corrected chi connectivity index (χ1v) is 13.4. The summed E-state index contributed by atoms with van der Waals surface area (Å²) < 4.78 is 4.88. The Kier molecular flexibility index (Phi) is 4.05. The van der Waals surface area contributed by atoms with Crippen LogP contribution in [-0.4, -0.2) is 9.13 Å². The van der Waals surface area contributed by atoms with Crippen molar-refractivity contribution in [3.8, 4) is 11.4 Å². The van der Waals surface area contributed by atoms with Gasteiger partial charge in [-0.05, 0) is 60.7 Å². The van der Waals surface area contributed by atoms with Gasteiger partial charge in [0.2, 0.25) is 0 Å². The van der Waals surface area contributed by atoms with Crippen molar-refractivity contribution < 1.29 is 0 Å². The minimum Gasteiger partial charge on any atom is -0.309 e. The van der Waals surface area contributed by atoms with Crippen LogP contribution in [-0.2, 0) is 0 Å². The second kappa shape index (κ2) is 7.62. The van der Waals surface area contributed by atoms with Gasteiger partial charge in [0.15, 0.2) is 0 Å². The molecule has 0 bridgehead atoms. The minimum absolute atomic E-state index is 1.17. The SMILES string of the molecule is c1ccc(N2c3ccccc3-n3c4ccc5c(c6ccccc6n5-c5ccccc5)c4c4cccc2c43)cc1. The Morgan fingerprint density at radius 2 is 0.897 bits per heavy atom. The summed E-state index contributed by atoms with van der Waals surface area (Å²) in [7, 11) is 0. The van der Waals surface area contributed by atoms with Crippen LogP contribution in [0.3, 0.4) is 0 Å². The summed E-state index contributed by atoms with van der Waals surface area (Å²) in [6, 6.07) is 50.3. The van der Waals surface area contributed by atoms with Crippen LogP contribution in [0.2, 0.25) is 0 Å². The molecule has 39 heavy (non-hydrogen) atoms. The first kappa shape index (κ1) is 20.7. The van der Waals surface area contributed by atoms with Gasteiger partial charge in [-0.3, -0.25) is 0 Å². The molecule has 3 heteroatoms. The largest absolute Gasteiger partial charge is 0.309 e. The maximum atomic E-state index is 2.48. The van der Waals surface area contributed by atoms with Crippen molar-refractivity contribution >= 4 is 60.7 Å². The smallest absolute Gasteiger partial charge is 0.0783 e. The summed E-state index contributed by atoms with van der Waals surface area (Å²) in [6.07, 6.45) is 0. The van der Waals surface area contributed by atoms with E-state index in [1.165, 1.54) is 72.0 Å². The molecule has 1 aliphatic heterocycles. The predicted octanol–water partition coefficient (Wildman–Crippen LogP) is 9.66. The third-order valence-corrected chi connectivity index (χ3v) is 8.20. The van der Waals surface area contributed by atoms with Crippen molar-refractivity contribution in [2.24, 2.45) is 0 Å². The van der Waals surface area contributed by atoms with Crippen LogP contribution in [0.15, 0.2) is 140 Å². The summed E-state index contributed by atoms with van der Waals surface area (Å²) in [5.74, 6) is 0. The van der Waals surface area contributed by atoms with Crippen LogP contribution < -0.4 is 4.90 Å². The highest BCUT2D eigenvalue weighted by atomic mass is 15.2. The van der Waals surface area contributed by atoms with Gasteiger partial charge in [-0.2, -0.15) is 0 Å². The molecule has 0 spiro atoms. The zero-order valence-corrected chi connectivity index (χ0v) is 21.1. The molecule has 6 aromatic carbocycles. The normalized spacial score (nSPS) is 12.6. The maximum absolute atomic E-state index is 2.48. The number of hydrogen-bond acceptors (Lipinski definition) is 1. The van der Waals surface area contributed by atoms with E-state index < -0.39 is 0 Å². The monoisotopic (exact) mass is 497 g/mol. The minimum atomic E-state index is 1.17. The summed E-state index contributed by atoms with van der Waals surface area (Å²) >= 11 is 0. The van der Waals surface area contributed by atoms with E-state index in [-0.39, 0.29) is 0 Å². The molecule has 0 saturated heterocycles. The van der Waals surface area contributed by atoms with Gasteiger partial charge in [-0.25, -0.2) is 0 Å². The third kappa shape index (κ3) is 2.66. The molecule has 8 aromatic rings. The molecule has 9 rings (SSSR count). The van der Waals surface area contributed by atoms with Crippen molar-refractivity contribution in [3.05, 3.63) is 140 Å². The van der Waals surface area contributed by atoms with Crippen molar-refractivity contribution in [1.29, 1.82) is 0 Å². The van der Waals surface area contributed by atoms with Crippen molar-refractivity contribution in [3.63, 3.8) is 0 Å². The fraction of sp³-hybridized carbons (Fsp3) is 0. The van der Waals surface area contributed by atoms with E-state index in [9.17, 15) is 0 Å². The number of fused-ring (bicyclic) bond motifs is 9. The molecule has 3 heterocycles. The summed E-state index contributed by atoms with van der Waals surface area (Å²) in [6.45, 7) is 0. The second-order valence-corrected chi connectivity index (χ2v) is 10.2. The zero-order valence-electron chi connectivity index (χ0n) is 21.1. The average Bonchev–Trinajstić information content (AvgIpc) is 3.52. The number of benzene rings is 6. The molecule has 0 aliphatic carbocycles. The van der Waals surface area contributed by atoms with E-state index >= 15 is 0 Å². The Balaban J connectivity index is 1.50. The lowest BCUT2D eigenvalue weighted by Crippen LogP contribution is -2.17. The molecule has 182 valence electrons. The van der Waals surface area contributed by atoms with Crippen molar-refractivity contribution in [1.82, 2.24) is 9.13 Å². The molecule has 0 atom stereocenters. The topological polar surface area (TPSA) is 13.1 Å². The van der Waals surface area contributed by atoms with Crippen LogP contribution in [0.25, 0.3) is 55.0 Å². The van der Waals surface area contributed by atoms with Gasteiger partial charge < -0.3 is 14.0 Å². The average molecular weight is 498 g/mol. The van der Waals surface area contributed by atoms with Crippen LogP contribution in [0.5, 0.6) is 0 Å². The highest BCUT2D eigenvalue weighted by Gasteiger charge is 2.29. The van der Waals surface area contributed by atoms with Gasteiger partial charge in [-0.15, -0.1) is 0 Å². The van der Waals surface area contributed by atoms with Gasteiger partial charge >= 0.3 is 0 Å². The maximum Gasteiger partial charge on any atom is 0.0783 e. The van der Waals surface area contributed by atoms with E-state index in [4.69, 9.17) is 0 Å². The van der Waals surface area contributed by atoms with Gasteiger partial charge in [0.25, 0.3) is 0 Å². The first-order chi connectivity index (χ1) is 19.4. The van der Waals surface area contributed by atoms with Gasteiger partial charge in [0, 0.05) is 32.9 Å². The van der Waals surface area contributed by atoms with E-state index in [2.05, 4.69) is 154 Å². The molecule has 1 aliphatic rings. The molecular weight excluding hydrogens is 474 g/mol. The number of hydrogen-bond donors (Lipinski definition) is 0. The van der Waals surface area contributed by atoms with Gasteiger partial charge in [0.1, 0.15) is 0 Å². The van der Waals surface area contributed by atoms with Crippen LogP contribution in [0.4, 0.5) is 17.1 Å². The predicted molar refractivity (Wildman–Crippen MR) is 163 cm³/mol. The highest BCUT2D eigenvalue weighted by Crippen LogP contribution is 2.51. The molecule has 2 aromatic heterocycles. The number of aromatic nitrogens is 2. The number of para-hydroxylation sites is 6. The summed E-state index contributed by atoms with van der Waals surface area (Å²) in [5, 5.41) is 5.16. The fourth-order valence-electron chi connectivity index (χ4n) is 6.71. The Morgan fingerprint density at radius 1 is 0.333 bits per heavy atom. The lowest BCUT2D eigenvalue weighted by molar-refractivity contribution is 1.11. The third-order valence-electron chi connectivity index (χ3n) is 8.20. The zero-order chi connectivity index (χ0) is 25.5. The van der Waals surface area contributed by atoms with E-state index in [0.717, 1.165) is 0 Å². The molecule has 0 saturated carbocycles. The molecule has 3 nitrogen and oxygen atoms in total. The Bertz CT molecular complexity index is 2220. The fourth-order valence-corrected chi connectivity index (χ4v) is 6.71. The molecule has 0 N–H and O–H groups in total. The summed E-state index contributed by atoms with van der Waals surface area (Å²) in [5.41, 5.74) is 10.9. The molecular formula is C36H23N3. The Hall–Kier alpha value is -5.28. The Morgan fingerprint density at radius 3 is 1.69 bits per heavy atom. The standard InChI is InChI=1S/C36H23N3/c1-3-12-24(13-4-1)37-28-18-8-7-16-26(28)34-31(37)22-23-32-35(34)27-17-11-21-33-36(27)39(32)30-20-10-9-19-29(30)38(33)25-14-5-2-6-15-25/h1-23H. The van der Waals surface area contributed by atoms with E-state index in [1.54, 1.807) is 0 Å². The quantitative estimate of drug-likeness (QED) is 0.232. The molecule has 0 radical (unpaired) electrons. The van der Waals surface area contributed by atoms with E-state index in [0.29, 0.717) is 0 Å². The van der Waals surface area contributed by atoms with Gasteiger partial charge in [-0.1, -0.05) is 78.9 Å². The van der Waals surface area contributed by atoms with E-state index in [1.807, 2.05) is 0 Å². The molecule has 0 fully saturated rings. The van der Waals surface area contributed by atoms with Crippen LogP contribution in [0.1, 0.15) is 0 Å². The first-order valence-electron chi connectivity index (χ1n) is 13.4. The Labute approximate surface area is 225 Å². The summed E-state index contributed by atoms with van der Waals surface area (Å²) in [4.78, 5) is 2.40. The highest BCUT2D eigenvalue weighted by molar-refractivity contribution is 6.30. The number of nitrogens with zero attached hydrogens (tertiary/aromatic N) is 3. The van der Waals surface area contributed by atoms with Crippen LogP contribution in [0, 0.1) is 0 Å². The number of rotatable bonds is 2.